The summed E-state index contributed by atoms with van der Waals surface area (Å²) in [4.78, 5) is 0. The molecule has 29 heavy (non-hydrogen) atoms. The predicted octanol–water partition coefficient (Wildman–Crippen LogP) is 4.76. The van der Waals surface area contributed by atoms with Gasteiger partial charge < -0.3 is 19.5 Å². The smallest absolute Gasteiger partial charge is 0.163 e. The van der Waals surface area contributed by atoms with Crippen LogP contribution in [0.15, 0.2) is 60.7 Å². The fourth-order valence-corrected chi connectivity index (χ4v) is 5.86. The topological polar surface area (TPSA) is 39.7 Å². The standard InChI is InChI=1S/C24H35NO3Si/c1-24(2)27-21(18-26-17-20-14-10-7-11-15-20)22(28-24)23(29(3,4)5)25-16-19-12-8-6-9-13-19/h6-15,21-23,25H,16-18H2,1-5H3/t21-,22-,23-/m0/s1. The molecule has 0 bridgehead atoms. The van der Waals surface area contributed by atoms with Crippen molar-refractivity contribution in [2.45, 2.75) is 70.3 Å². The molecule has 2 aromatic carbocycles. The van der Waals surface area contributed by atoms with E-state index in [1.54, 1.807) is 0 Å². The Bertz CT molecular complexity index is 746. The summed E-state index contributed by atoms with van der Waals surface area (Å²) in [5, 5.41) is 3.79. The van der Waals surface area contributed by atoms with Crippen LogP contribution in [0.5, 0.6) is 0 Å². The Balaban J connectivity index is 1.67. The lowest BCUT2D eigenvalue weighted by molar-refractivity contribution is -0.151. The Hall–Kier alpha value is -1.50. The second kappa shape index (κ2) is 9.54. The first-order valence-electron chi connectivity index (χ1n) is 10.5. The summed E-state index contributed by atoms with van der Waals surface area (Å²) in [5.74, 6) is -0.599. The predicted molar refractivity (Wildman–Crippen MR) is 120 cm³/mol. The zero-order chi connectivity index (χ0) is 20.9. The van der Waals surface area contributed by atoms with E-state index >= 15 is 0 Å². The van der Waals surface area contributed by atoms with Gasteiger partial charge in [-0.3, -0.25) is 0 Å². The van der Waals surface area contributed by atoms with Gasteiger partial charge in [-0.2, -0.15) is 0 Å². The van der Waals surface area contributed by atoms with Crippen LogP contribution in [0, 0.1) is 0 Å². The van der Waals surface area contributed by atoms with Crippen molar-refractivity contribution >= 4 is 8.07 Å². The third-order valence-electron chi connectivity index (χ3n) is 5.25. The minimum Gasteiger partial charge on any atom is -0.374 e. The van der Waals surface area contributed by atoms with Gasteiger partial charge in [-0.1, -0.05) is 80.3 Å². The van der Waals surface area contributed by atoms with Crippen molar-refractivity contribution in [2.75, 3.05) is 6.61 Å². The van der Waals surface area contributed by atoms with E-state index in [1.807, 2.05) is 32.0 Å². The summed E-state index contributed by atoms with van der Waals surface area (Å²) >= 11 is 0. The SMILES string of the molecule is CC1(C)O[C@H]([C@@H](NCc2ccccc2)[Si](C)(C)C)[C@H](COCc2ccccc2)O1. The molecule has 0 radical (unpaired) electrons. The van der Waals surface area contributed by atoms with E-state index in [2.05, 4.69) is 67.4 Å². The number of nitrogens with one attached hydrogen (secondary N) is 1. The molecule has 1 aliphatic heterocycles. The Labute approximate surface area is 176 Å². The molecule has 0 aliphatic carbocycles. The molecule has 4 nitrogen and oxygen atoms in total. The van der Waals surface area contributed by atoms with E-state index in [9.17, 15) is 0 Å². The molecule has 1 heterocycles. The third-order valence-corrected chi connectivity index (χ3v) is 7.64. The Morgan fingerprint density at radius 1 is 0.931 bits per heavy atom. The Morgan fingerprint density at radius 2 is 1.52 bits per heavy atom. The van der Waals surface area contributed by atoms with E-state index in [1.165, 1.54) is 11.1 Å². The van der Waals surface area contributed by atoms with E-state index < -0.39 is 13.9 Å². The maximum absolute atomic E-state index is 6.41. The molecule has 3 rings (SSSR count). The normalized spacial score (nSPS) is 22.5. The molecule has 0 unspecified atom stereocenters. The van der Waals surface area contributed by atoms with Crippen molar-refractivity contribution in [1.82, 2.24) is 5.32 Å². The molecular formula is C24H35NO3Si. The van der Waals surface area contributed by atoms with Crippen molar-refractivity contribution in [1.29, 1.82) is 0 Å². The van der Waals surface area contributed by atoms with Crippen molar-refractivity contribution in [2.24, 2.45) is 0 Å². The van der Waals surface area contributed by atoms with Crippen LogP contribution >= 0.6 is 0 Å². The zero-order valence-electron chi connectivity index (χ0n) is 18.4. The highest BCUT2D eigenvalue weighted by Gasteiger charge is 2.48. The molecule has 3 atom stereocenters. The summed E-state index contributed by atoms with van der Waals surface area (Å²) < 4.78 is 18.7. The number of benzene rings is 2. The van der Waals surface area contributed by atoms with Gasteiger partial charge in [-0.25, -0.2) is 0 Å². The second-order valence-corrected chi connectivity index (χ2v) is 14.7. The van der Waals surface area contributed by atoms with Crippen LogP contribution in [0.1, 0.15) is 25.0 Å². The summed E-state index contributed by atoms with van der Waals surface area (Å²) in [5.41, 5.74) is 2.71. The zero-order valence-corrected chi connectivity index (χ0v) is 19.4. The van der Waals surface area contributed by atoms with Crippen LogP contribution < -0.4 is 5.32 Å². The highest BCUT2D eigenvalue weighted by molar-refractivity contribution is 6.77. The second-order valence-electron chi connectivity index (χ2n) is 9.35. The Kier molecular flexibility index (Phi) is 7.30. The summed E-state index contributed by atoms with van der Waals surface area (Å²) in [7, 11) is -1.58. The summed E-state index contributed by atoms with van der Waals surface area (Å²) in [6.07, 6.45) is -0.120. The van der Waals surface area contributed by atoms with Gasteiger partial charge in [0.15, 0.2) is 5.79 Å². The lowest BCUT2D eigenvalue weighted by Gasteiger charge is -2.36. The highest BCUT2D eigenvalue weighted by atomic mass is 28.3. The summed E-state index contributed by atoms with van der Waals surface area (Å²) in [6.45, 7) is 13.1. The number of rotatable bonds is 9. The van der Waals surface area contributed by atoms with Gasteiger partial charge in [0.05, 0.1) is 21.3 Å². The largest absolute Gasteiger partial charge is 0.374 e. The van der Waals surface area contributed by atoms with E-state index in [0.29, 0.717) is 13.2 Å². The fraction of sp³-hybridized carbons (Fsp3) is 0.500. The summed E-state index contributed by atoms with van der Waals surface area (Å²) in [6, 6.07) is 20.8. The maximum Gasteiger partial charge on any atom is 0.163 e. The van der Waals surface area contributed by atoms with E-state index in [0.717, 1.165) is 6.54 Å². The van der Waals surface area contributed by atoms with Gasteiger partial charge in [0.2, 0.25) is 0 Å². The van der Waals surface area contributed by atoms with E-state index in [4.69, 9.17) is 14.2 Å². The molecule has 0 spiro atoms. The fourth-order valence-electron chi connectivity index (χ4n) is 3.88. The van der Waals surface area contributed by atoms with Crippen LogP contribution in [-0.2, 0) is 27.4 Å². The first-order valence-corrected chi connectivity index (χ1v) is 14.1. The van der Waals surface area contributed by atoms with Crippen molar-refractivity contribution in [3.63, 3.8) is 0 Å². The molecule has 0 saturated carbocycles. The average Bonchev–Trinajstić information content (AvgIpc) is 2.97. The third kappa shape index (κ3) is 6.49. The molecule has 2 aromatic rings. The van der Waals surface area contributed by atoms with Crippen molar-refractivity contribution < 1.29 is 14.2 Å². The first-order chi connectivity index (χ1) is 13.7. The van der Waals surface area contributed by atoms with Gasteiger partial charge in [-0.05, 0) is 25.0 Å². The van der Waals surface area contributed by atoms with E-state index in [-0.39, 0.29) is 17.9 Å². The maximum atomic E-state index is 6.41. The minimum atomic E-state index is -1.58. The van der Waals surface area contributed by atoms with Crippen LogP contribution in [0.2, 0.25) is 19.6 Å². The number of ether oxygens (including phenoxy) is 3. The first kappa shape index (κ1) is 22.2. The van der Waals surface area contributed by atoms with Gasteiger partial charge in [0.1, 0.15) is 12.2 Å². The van der Waals surface area contributed by atoms with Crippen LogP contribution in [0.4, 0.5) is 0 Å². The van der Waals surface area contributed by atoms with Crippen LogP contribution in [0.25, 0.3) is 0 Å². The van der Waals surface area contributed by atoms with Gasteiger partial charge in [0.25, 0.3) is 0 Å². The molecule has 0 amide bonds. The molecule has 1 fully saturated rings. The monoisotopic (exact) mass is 413 g/mol. The van der Waals surface area contributed by atoms with Crippen molar-refractivity contribution in [3.8, 4) is 0 Å². The Morgan fingerprint density at radius 3 is 2.10 bits per heavy atom. The molecule has 0 aromatic heterocycles. The number of hydrogen-bond acceptors (Lipinski definition) is 4. The van der Waals surface area contributed by atoms with Gasteiger partial charge in [0, 0.05) is 12.2 Å². The quantitative estimate of drug-likeness (QED) is 0.602. The van der Waals surface area contributed by atoms with Gasteiger partial charge >= 0.3 is 0 Å². The molecule has 1 N–H and O–H groups in total. The van der Waals surface area contributed by atoms with Crippen molar-refractivity contribution in [3.05, 3.63) is 71.8 Å². The molecule has 5 heteroatoms. The molecule has 158 valence electrons. The molecule has 1 saturated heterocycles. The molecular weight excluding hydrogens is 378 g/mol. The van der Waals surface area contributed by atoms with Crippen LogP contribution in [0.3, 0.4) is 0 Å². The lowest BCUT2D eigenvalue weighted by atomic mass is 10.2. The average molecular weight is 414 g/mol. The number of hydrogen-bond donors (Lipinski definition) is 1. The molecule has 1 aliphatic rings. The van der Waals surface area contributed by atoms with Gasteiger partial charge in [-0.15, -0.1) is 0 Å². The highest BCUT2D eigenvalue weighted by Crippen LogP contribution is 2.33. The van der Waals surface area contributed by atoms with Crippen LogP contribution in [-0.4, -0.2) is 38.3 Å². The minimum absolute atomic E-state index is 0.0313. The lowest BCUT2D eigenvalue weighted by Crippen LogP contribution is -2.59.